The maximum atomic E-state index is 11.7. The average Bonchev–Trinajstić information content (AvgIpc) is 2.49. The predicted molar refractivity (Wildman–Crippen MR) is 81.3 cm³/mol. The number of nitrogens with zero attached hydrogens (tertiary/aromatic N) is 1. The quantitative estimate of drug-likeness (QED) is 0.867. The first-order chi connectivity index (χ1) is 10.2. The lowest BCUT2D eigenvalue weighted by atomic mass is 10.2. The van der Waals surface area contributed by atoms with Gasteiger partial charge in [0.1, 0.15) is 19.0 Å². The van der Waals surface area contributed by atoms with Gasteiger partial charge in [-0.3, -0.25) is 4.79 Å². The van der Waals surface area contributed by atoms with E-state index in [-0.39, 0.29) is 12.2 Å². The molecule has 21 heavy (non-hydrogen) atoms. The minimum atomic E-state index is -0.149. The van der Waals surface area contributed by atoms with Crippen LogP contribution in [0.4, 0.5) is 0 Å². The van der Waals surface area contributed by atoms with Crippen LogP contribution in [0.3, 0.4) is 0 Å². The summed E-state index contributed by atoms with van der Waals surface area (Å²) in [4.78, 5) is 11.7. The van der Waals surface area contributed by atoms with Crippen molar-refractivity contribution in [2.24, 2.45) is 0 Å². The largest absolute Gasteiger partial charge is 0.492 e. The van der Waals surface area contributed by atoms with E-state index in [0.29, 0.717) is 13.2 Å². The van der Waals surface area contributed by atoms with E-state index in [4.69, 9.17) is 9.84 Å². The smallest absolute Gasteiger partial charge is 0.250 e. The number of pyridine rings is 1. The first-order valence-electron chi connectivity index (χ1n) is 6.70. The number of ether oxygens (including phenoxy) is 1. The van der Waals surface area contributed by atoms with Crippen molar-refractivity contribution >= 4 is 0 Å². The molecule has 0 unspecified atom stereocenters. The van der Waals surface area contributed by atoms with E-state index in [1.807, 2.05) is 37.3 Å². The third kappa shape index (κ3) is 4.23. The fourth-order valence-electron chi connectivity index (χ4n) is 1.94. The van der Waals surface area contributed by atoms with Crippen LogP contribution in [0.2, 0.25) is 0 Å². The van der Waals surface area contributed by atoms with Crippen LogP contribution < -0.4 is 10.3 Å². The molecule has 0 atom stereocenters. The zero-order valence-electron chi connectivity index (χ0n) is 11.9. The van der Waals surface area contributed by atoms with Crippen molar-refractivity contribution in [2.75, 3.05) is 13.2 Å². The summed E-state index contributed by atoms with van der Waals surface area (Å²) < 4.78 is 7.30. The maximum absolute atomic E-state index is 11.7. The van der Waals surface area contributed by atoms with Gasteiger partial charge < -0.3 is 14.4 Å². The molecule has 4 nitrogen and oxygen atoms in total. The number of aryl methyl sites for hydroxylation is 1. The predicted octanol–water partition coefficient (Wildman–Crippen LogP) is 1.58. The molecule has 2 rings (SSSR count). The summed E-state index contributed by atoms with van der Waals surface area (Å²) in [5.74, 6) is 6.13. The molecular formula is C17H17NO3. The van der Waals surface area contributed by atoms with Crippen LogP contribution >= 0.6 is 0 Å². The van der Waals surface area contributed by atoms with Crippen molar-refractivity contribution in [3.05, 3.63) is 64.1 Å². The molecule has 2 aromatic rings. The lowest BCUT2D eigenvalue weighted by Gasteiger charge is -2.10. The third-order valence-corrected chi connectivity index (χ3v) is 3.02. The fraction of sp³-hybridized carbons (Fsp3) is 0.235. The Balaban J connectivity index is 1.93. The van der Waals surface area contributed by atoms with E-state index in [9.17, 15) is 4.79 Å². The van der Waals surface area contributed by atoms with Crippen molar-refractivity contribution in [1.29, 1.82) is 0 Å². The van der Waals surface area contributed by atoms with E-state index in [1.165, 1.54) is 0 Å². The van der Waals surface area contributed by atoms with Gasteiger partial charge in [0.2, 0.25) is 0 Å². The molecule has 4 heteroatoms. The van der Waals surface area contributed by atoms with E-state index in [1.54, 1.807) is 16.7 Å². The van der Waals surface area contributed by atoms with E-state index in [0.717, 1.165) is 17.0 Å². The molecular weight excluding hydrogens is 266 g/mol. The Hall–Kier alpha value is -2.51. The number of aliphatic hydroxyl groups excluding tert-OH is 1. The van der Waals surface area contributed by atoms with Crippen LogP contribution in [0, 0.1) is 18.8 Å². The minimum absolute atomic E-state index is 0.0202. The van der Waals surface area contributed by atoms with Gasteiger partial charge in [-0.15, -0.1) is 0 Å². The number of hydrogen-bond donors (Lipinski definition) is 1. The second kappa shape index (κ2) is 7.32. The first-order valence-corrected chi connectivity index (χ1v) is 6.70. The topological polar surface area (TPSA) is 51.5 Å². The Morgan fingerprint density at radius 2 is 1.95 bits per heavy atom. The van der Waals surface area contributed by atoms with Crippen LogP contribution in [-0.2, 0) is 6.54 Å². The SMILES string of the molecule is Cc1cccc(=O)n1CCOc1ccc(C#CCO)cc1. The van der Waals surface area contributed by atoms with E-state index in [2.05, 4.69) is 11.8 Å². The second-order valence-electron chi connectivity index (χ2n) is 4.49. The van der Waals surface area contributed by atoms with Gasteiger partial charge in [0.05, 0.1) is 6.54 Å². The first kappa shape index (κ1) is 14.9. The molecule has 1 aromatic heterocycles. The second-order valence-corrected chi connectivity index (χ2v) is 4.49. The van der Waals surface area contributed by atoms with Gasteiger partial charge in [0.15, 0.2) is 0 Å². The van der Waals surface area contributed by atoms with Crippen molar-refractivity contribution in [3.63, 3.8) is 0 Å². The maximum Gasteiger partial charge on any atom is 0.250 e. The molecule has 1 heterocycles. The highest BCUT2D eigenvalue weighted by Crippen LogP contribution is 2.11. The molecule has 0 fully saturated rings. The molecule has 0 saturated carbocycles. The fourth-order valence-corrected chi connectivity index (χ4v) is 1.94. The normalized spacial score (nSPS) is 9.81. The molecule has 0 amide bonds. The van der Waals surface area contributed by atoms with Crippen LogP contribution in [0.15, 0.2) is 47.3 Å². The molecule has 0 radical (unpaired) electrons. The monoisotopic (exact) mass is 283 g/mol. The molecule has 108 valence electrons. The molecule has 0 aliphatic carbocycles. The van der Waals surface area contributed by atoms with Gasteiger partial charge in [-0.05, 0) is 37.3 Å². The number of benzene rings is 1. The van der Waals surface area contributed by atoms with E-state index >= 15 is 0 Å². The van der Waals surface area contributed by atoms with Crippen LogP contribution in [0.1, 0.15) is 11.3 Å². The van der Waals surface area contributed by atoms with Gasteiger partial charge in [-0.25, -0.2) is 0 Å². The highest BCUT2D eigenvalue weighted by molar-refractivity contribution is 5.38. The lowest BCUT2D eigenvalue weighted by Crippen LogP contribution is -2.23. The number of rotatable bonds is 4. The molecule has 0 saturated heterocycles. The highest BCUT2D eigenvalue weighted by Gasteiger charge is 2.00. The Kier molecular flexibility index (Phi) is 5.19. The summed E-state index contributed by atoms with van der Waals surface area (Å²) in [7, 11) is 0. The van der Waals surface area contributed by atoms with Crippen LogP contribution in [0.5, 0.6) is 5.75 Å². The highest BCUT2D eigenvalue weighted by atomic mass is 16.5. The molecule has 0 bridgehead atoms. The minimum Gasteiger partial charge on any atom is -0.492 e. The lowest BCUT2D eigenvalue weighted by molar-refractivity contribution is 0.295. The van der Waals surface area contributed by atoms with Crippen molar-refractivity contribution in [2.45, 2.75) is 13.5 Å². The van der Waals surface area contributed by atoms with Crippen molar-refractivity contribution < 1.29 is 9.84 Å². The Bertz CT molecular complexity index is 705. The van der Waals surface area contributed by atoms with Crippen LogP contribution in [-0.4, -0.2) is 22.9 Å². The molecule has 0 aliphatic heterocycles. The summed E-state index contributed by atoms with van der Waals surface area (Å²) in [6.07, 6.45) is 0. The number of aliphatic hydroxyl groups is 1. The number of aromatic nitrogens is 1. The van der Waals surface area contributed by atoms with Crippen molar-refractivity contribution in [1.82, 2.24) is 4.57 Å². The molecule has 1 N–H and O–H groups in total. The Morgan fingerprint density at radius 1 is 1.19 bits per heavy atom. The summed E-state index contributed by atoms with van der Waals surface area (Å²) in [6.45, 7) is 2.68. The zero-order valence-corrected chi connectivity index (χ0v) is 11.9. The van der Waals surface area contributed by atoms with Gasteiger partial charge in [-0.1, -0.05) is 17.9 Å². The molecule has 1 aromatic carbocycles. The van der Waals surface area contributed by atoms with Crippen LogP contribution in [0.25, 0.3) is 0 Å². The average molecular weight is 283 g/mol. The standard InChI is InChI=1S/C17H17NO3/c1-14-4-2-6-17(20)18(14)11-13-21-16-9-7-15(8-10-16)5-3-12-19/h2,4,6-10,19H,11-13H2,1H3. The summed E-state index contributed by atoms with van der Waals surface area (Å²) in [6, 6.07) is 12.5. The van der Waals surface area contributed by atoms with Gasteiger partial charge in [0, 0.05) is 17.3 Å². The van der Waals surface area contributed by atoms with Gasteiger partial charge in [-0.2, -0.15) is 0 Å². The third-order valence-electron chi connectivity index (χ3n) is 3.02. The Morgan fingerprint density at radius 3 is 2.62 bits per heavy atom. The van der Waals surface area contributed by atoms with E-state index < -0.39 is 0 Å². The zero-order chi connectivity index (χ0) is 15.1. The van der Waals surface area contributed by atoms with Gasteiger partial charge in [0.25, 0.3) is 5.56 Å². The summed E-state index contributed by atoms with van der Waals surface area (Å²) in [5, 5.41) is 8.63. The summed E-state index contributed by atoms with van der Waals surface area (Å²) >= 11 is 0. The molecule has 0 spiro atoms. The van der Waals surface area contributed by atoms with Gasteiger partial charge >= 0.3 is 0 Å². The number of hydrogen-bond acceptors (Lipinski definition) is 3. The van der Waals surface area contributed by atoms with Crippen molar-refractivity contribution in [3.8, 4) is 17.6 Å². The molecule has 0 aliphatic rings. The Labute approximate surface area is 123 Å². The summed E-state index contributed by atoms with van der Waals surface area (Å²) in [5.41, 5.74) is 1.72.